The van der Waals surface area contributed by atoms with Crippen LogP contribution in [0.5, 0.6) is 0 Å². The maximum Gasteiger partial charge on any atom is 0.216 e. The standard InChI is InChI=1S/C41H32N3O.C18H24NSi.Ir/c1-26-22-23-32(38-36(26)31-24-25-35(41(2,3)4)43-40(31)45-38)39-42-33-20-11-12-21-34(33)44(39)37-29(27-14-7-5-8-15-27)18-13-19-30(37)28-16-9-6-10-17-28;1-14(2)11-16-12-17(15-9-7-6-8-10-15)19-13-18(16)20(3,4)5;/h5-22,24-25H,1-4H3;6-9,12-14H,11H2,1-5H3;/q2*-1;. The summed E-state index contributed by atoms with van der Waals surface area (Å²) < 4.78 is 8.97. The van der Waals surface area contributed by atoms with E-state index in [4.69, 9.17) is 14.4 Å². The van der Waals surface area contributed by atoms with Gasteiger partial charge < -0.3 is 14.0 Å². The van der Waals surface area contributed by atoms with Crippen LogP contribution in [0, 0.1) is 25.0 Å². The third-order valence-corrected chi connectivity index (χ3v) is 14.1. The number of furan rings is 1. The summed E-state index contributed by atoms with van der Waals surface area (Å²) in [5.74, 6) is 1.44. The molecule has 5 nitrogen and oxygen atoms in total. The molecule has 10 rings (SSSR count). The van der Waals surface area contributed by atoms with Crippen molar-refractivity contribution in [3.8, 4) is 50.6 Å². The maximum absolute atomic E-state index is 6.68. The van der Waals surface area contributed by atoms with E-state index in [1.165, 1.54) is 10.8 Å². The van der Waals surface area contributed by atoms with Gasteiger partial charge in [0, 0.05) is 53.9 Å². The van der Waals surface area contributed by atoms with E-state index in [0.717, 1.165) is 95.7 Å². The first-order chi connectivity index (χ1) is 31.3. The van der Waals surface area contributed by atoms with Gasteiger partial charge >= 0.3 is 0 Å². The Labute approximate surface area is 404 Å². The van der Waals surface area contributed by atoms with E-state index in [9.17, 15) is 0 Å². The zero-order valence-electron chi connectivity index (χ0n) is 39.3. The molecule has 0 fully saturated rings. The maximum atomic E-state index is 6.68. The van der Waals surface area contributed by atoms with Crippen molar-refractivity contribution in [3.05, 3.63) is 187 Å². The van der Waals surface area contributed by atoms with E-state index in [2.05, 4.69) is 216 Å². The molecule has 0 aliphatic heterocycles. The monoisotopic (exact) mass is 1060 g/mol. The second-order valence-corrected chi connectivity index (χ2v) is 24.5. The fourth-order valence-corrected chi connectivity index (χ4v) is 10.4. The van der Waals surface area contributed by atoms with E-state index in [1.807, 2.05) is 24.3 Å². The molecule has 1 radical (unpaired) electrons. The Kier molecular flexibility index (Phi) is 13.3. The molecular formula is C59H56IrN4OSi-2. The number of pyridine rings is 2. The van der Waals surface area contributed by atoms with Crippen LogP contribution in [-0.2, 0) is 31.9 Å². The quantitative estimate of drug-likeness (QED) is 0.112. The molecule has 66 heavy (non-hydrogen) atoms. The van der Waals surface area contributed by atoms with Crippen LogP contribution in [0.3, 0.4) is 0 Å². The van der Waals surface area contributed by atoms with Crippen molar-refractivity contribution in [2.75, 3.05) is 0 Å². The van der Waals surface area contributed by atoms with Gasteiger partial charge in [0.25, 0.3) is 0 Å². The van der Waals surface area contributed by atoms with E-state index in [-0.39, 0.29) is 25.5 Å². The molecule has 4 aromatic heterocycles. The first-order valence-corrected chi connectivity index (χ1v) is 26.2. The largest absolute Gasteiger partial charge is 0.486 e. The normalized spacial score (nSPS) is 11.8. The van der Waals surface area contributed by atoms with Crippen molar-refractivity contribution in [3.63, 3.8) is 0 Å². The van der Waals surface area contributed by atoms with Crippen LogP contribution >= 0.6 is 0 Å². The smallest absolute Gasteiger partial charge is 0.216 e. The molecule has 0 N–H and O–H groups in total. The van der Waals surface area contributed by atoms with Gasteiger partial charge in [-0.05, 0) is 58.6 Å². The van der Waals surface area contributed by atoms with Crippen LogP contribution in [-0.4, -0.2) is 27.6 Å². The van der Waals surface area contributed by atoms with Gasteiger partial charge in [-0.15, -0.1) is 53.6 Å². The number of hydrogen-bond acceptors (Lipinski definition) is 4. The Morgan fingerprint density at radius 1 is 0.727 bits per heavy atom. The van der Waals surface area contributed by atoms with Crippen molar-refractivity contribution in [1.82, 2.24) is 19.5 Å². The molecule has 0 aliphatic rings. The minimum Gasteiger partial charge on any atom is -0.486 e. The van der Waals surface area contributed by atoms with Crippen LogP contribution in [0.2, 0.25) is 19.6 Å². The molecule has 0 saturated heterocycles. The first kappa shape index (κ1) is 46.3. The van der Waals surface area contributed by atoms with E-state index in [1.54, 1.807) is 0 Å². The molecule has 10 aromatic rings. The van der Waals surface area contributed by atoms with Crippen molar-refractivity contribution >= 4 is 46.4 Å². The third-order valence-electron chi connectivity index (χ3n) is 12.0. The minimum absolute atomic E-state index is 0. The van der Waals surface area contributed by atoms with Crippen LogP contribution < -0.4 is 5.19 Å². The zero-order valence-corrected chi connectivity index (χ0v) is 42.7. The first-order valence-electron chi connectivity index (χ1n) is 22.7. The summed E-state index contributed by atoms with van der Waals surface area (Å²) in [6.45, 7) is 20.4. The SMILES string of the molecule is CC(C)Cc1cc(-c2[c-]cccc2)ncc1[Si](C)(C)C.Cc1c[c-]c(-c2nc3ccccc3n2-c2c(-c3ccccc3)cccc2-c2ccccc2)c2oc3nc(C(C)(C)C)ccc3c12.[Ir]. The number of aromatic nitrogens is 4. The summed E-state index contributed by atoms with van der Waals surface area (Å²) in [5.41, 5.74) is 15.3. The average molecular weight is 1060 g/mol. The fourth-order valence-electron chi connectivity index (χ4n) is 8.83. The summed E-state index contributed by atoms with van der Waals surface area (Å²) in [5, 5.41) is 3.54. The molecule has 0 saturated carbocycles. The van der Waals surface area contributed by atoms with Gasteiger partial charge in [0.05, 0.1) is 36.2 Å². The van der Waals surface area contributed by atoms with Crippen molar-refractivity contribution in [2.45, 2.75) is 73.0 Å². The fraction of sp³-hybridized carbons (Fsp3) is 0.203. The zero-order chi connectivity index (χ0) is 45.5. The number of aryl methyl sites for hydroxylation is 1. The van der Waals surface area contributed by atoms with E-state index < -0.39 is 8.07 Å². The van der Waals surface area contributed by atoms with Crippen LogP contribution in [0.1, 0.15) is 51.4 Å². The molecule has 6 aromatic carbocycles. The average Bonchev–Trinajstić information content (AvgIpc) is 3.88. The molecule has 0 spiro atoms. The molecule has 0 atom stereocenters. The Morgan fingerprint density at radius 3 is 2.00 bits per heavy atom. The van der Waals surface area contributed by atoms with E-state index in [0.29, 0.717) is 11.6 Å². The Balaban J connectivity index is 0.000000238. The van der Waals surface area contributed by atoms with Gasteiger partial charge in [0.1, 0.15) is 0 Å². The van der Waals surface area contributed by atoms with Crippen molar-refractivity contribution in [1.29, 1.82) is 0 Å². The van der Waals surface area contributed by atoms with Crippen LogP contribution in [0.15, 0.2) is 162 Å². The second-order valence-electron chi connectivity index (χ2n) is 19.5. The van der Waals surface area contributed by atoms with Gasteiger partial charge in [-0.1, -0.05) is 175 Å². The number of fused-ring (bicyclic) bond motifs is 4. The van der Waals surface area contributed by atoms with E-state index >= 15 is 0 Å². The van der Waals surface area contributed by atoms with Gasteiger partial charge in [-0.2, -0.15) is 0 Å². The Hall–Kier alpha value is -6.24. The number of imidazole rings is 1. The van der Waals surface area contributed by atoms with Gasteiger partial charge in [0.2, 0.25) is 5.71 Å². The molecule has 0 bridgehead atoms. The van der Waals surface area contributed by atoms with Gasteiger partial charge in [-0.25, -0.2) is 4.98 Å². The number of para-hydroxylation sites is 3. The predicted octanol–water partition coefficient (Wildman–Crippen LogP) is 15.0. The molecule has 0 amide bonds. The minimum atomic E-state index is -1.34. The van der Waals surface area contributed by atoms with Crippen LogP contribution in [0.4, 0.5) is 0 Å². The third kappa shape index (κ3) is 9.26. The van der Waals surface area contributed by atoms with Gasteiger partial charge in [0.15, 0.2) is 0 Å². The molecule has 0 unspecified atom stereocenters. The topological polar surface area (TPSA) is 56.7 Å². The molecule has 333 valence electrons. The summed E-state index contributed by atoms with van der Waals surface area (Å²) >= 11 is 0. The number of nitrogens with zero attached hydrogens (tertiary/aromatic N) is 4. The Morgan fingerprint density at radius 2 is 1.38 bits per heavy atom. The van der Waals surface area contributed by atoms with Crippen molar-refractivity contribution < 1.29 is 24.5 Å². The second kappa shape index (κ2) is 18.9. The van der Waals surface area contributed by atoms with Crippen molar-refractivity contribution in [2.24, 2.45) is 5.92 Å². The summed E-state index contributed by atoms with van der Waals surface area (Å²) in [4.78, 5) is 15.0. The summed E-state index contributed by atoms with van der Waals surface area (Å²) in [6, 6.07) is 59.5. The molecule has 0 aliphatic carbocycles. The molecular weight excluding hydrogens is 1000 g/mol. The summed E-state index contributed by atoms with van der Waals surface area (Å²) in [6.07, 6.45) is 3.24. The number of hydrogen-bond donors (Lipinski definition) is 0. The molecule has 4 heterocycles. The number of benzene rings is 6. The Bertz CT molecular complexity index is 3230. The van der Waals surface area contributed by atoms with Gasteiger partial charge in [-0.3, -0.25) is 4.98 Å². The molecule has 7 heteroatoms. The summed E-state index contributed by atoms with van der Waals surface area (Å²) in [7, 11) is -1.34. The van der Waals surface area contributed by atoms with Crippen LogP contribution in [0.25, 0.3) is 83.7 Å². The number of rotatable bonds is 8. The predicted molar refractivity (Wildman–Crippen MR) is 275 cm³/mol.